The van der Waals surface area contributed by atoms with Crippen LogP contribution in [0.1, 0.15) is 5.56 Å². The van der Waals surface area contributed by atoms with Crippen molar-refractivity contribution in [3.05, 3.63) is 27.7 Å². The van der Waals surface area contributed by atoms with Crippen molar-refractivity contribution < 1.29 is 9.53 Å². The lowest BCUT2D eigenvalue weighted by Gasteiger charge is -2.23. The monoisotopic (exact) mass is 288 g/mol. The van der Waals surface area contributed by atoms with Crippen molar-refractivity contribution in [2.24, 2.45) is 0 Å². The molecule has 1 amide bonds. The highest BCUT2D eigenvalue weighted by atomic mass is 35.5. The van der Waals surface area contributed by atoms with Crippen molar-refractivity contribution in [1.29, 1.82) is 0 Å². The number of anilines is 1. The molecular weight excluding hydrogens is 275 g/mol. The summed E-state index contributed by atoms with van der Waals surface area (Å²) in [5, 5.41) is 6.87. The number of carbonyl (C=O) groups excluding carboxylic acids is 1. The minimum atomic E-state index is -0.352. The topological polar surface area (TPSA) is 50.4 Å². The summed E-state index contributed by atoms with van der Waals surface area (Å²) in [6, 6.07) is 3.03. The van der Waals surface area contributed by atoms with Crippen molar-refractivity contribution in [3.8, 4) is 0 Å². The van der Waals surface area contributed by atoms with Crippen LogP contribution < -0.4 is 10.6 Å². The van der Waals surface area contributed by atoms with E-state index in [1.807, 2.05) is 6.92 Å². The summed E-state index contributed by atoms with van der Waals surface area (Å²) in [7, 11) is 0. The molecule has 1 aromatic rings. The molecule has 1 atom stereocenters. The zero-order valence-corrected chi connectivity index (χ0v) is 11.4. The Morgan fingerprint density at radius 1 is 1.44 bits per heavy atom. The maximum atomic E-state index is 12.0. The first kappa shape index (κ1) is 13.6. The van der Waals surface area contributed by atoms with Gasteiger partial charge in [-0.2, -0.15) is 0 Å². The van der Waals surface area contributed by atoms with E-state index in [2.05, 4.69) is 10.6 Å². The molecule has 2 rings (SSSR count). The number of rotatable bonds is 2. The largest absolute Gasteiger partial charge is 0.378 e. The molecule has 1 fully saturated rings. The molecule has 0 radical (unpaired) electrons. The lowest BCUT2D eigenvalue weighted by molar-refractivity contribution is -0.120. The van der Waals surface area contributed by atoms with Gasteiger partial charge in [0.15, 0.2) is 0 Å². The smallest absolute Gasteiger partial charge is 0.243 e. The van der Waals surface area contributed by atoms with Gasteiger partial charge in [0.1, 0.15) is 6.04 Å². The number of benzene rings is 1. The summed E-state index contributed by atoms with van der Waals surface area (Å²) < 4.78 is 5.23. The SMILES string of the molecule is Cc1cc(Cl)c(NC(=O)C2COCCN2)cc1Cl. The molecule has 0 spiro atoms. The van der Waals surface area contributed by atoms with Gasteiger partial charge in [-0.15, -0.1) is 0 Å². The number of nitrogens with one attached hydrogen (secondary N) is 2. The third-order valence-corrected chi connectivity index (χ3v) is 3.46. The van der Waals surface area contributed by atoms with E-state index in [0.29, 0.717) is 35.5 Å². The van der Waals surface area contributed by atoms with E-state index in [0.717, 1.165) is 5.56 Å². The first-order valence-electron chi connectivity index (χ1n) is 5.65. The predicted molar refractivity (Wildman–Crippen MR) is 72.4 cm³/mol. The van der Waals surface area contributed by atoms with E-state index in [9.17, 15) is 4.79 Å². The first-order valence-corrected chi connectivity index (χ1v) is 6.41. The van der Waals surface area contributed by atoms with Crippen molar-refractivity contribution in [2.75, 3.05) is 25.1 Å². The predicted octanol–water partition coefficient (Wildman–Crippen LogP) is 2.23. The summed E-state index contributed by atoms with van der Waals surface area (Å²) in [5.74, 6) is -0.170. The van der Waals surface area contributed by atoms with Crippen LogP contribution in [0.25, 0.3) is 0 Å². The second kappa shape index (κ2) is 5.89. The highest BCUT2D eigenvalue weighted by molar-refractivity contribution is 6.36. The summed E-state index contributed by atoms with van der Waals surface area (Å²) in [4.78, 5) is 12.0. The first-order chi connectivity index (χ1) is 8.58. The fourth-order valence-electron chi connectivity index (χ4n) is 1.70. The number of hydrogen-bond acceptors (Lipinski definition) is 3. The second-order valence-corrected chi connectivity index (χ2v) is 4.97. The summed E-state index contributed by atoms with van der Waals surface area (Å²) in [6.07, 6.45) is 0. The molecule has 2 N–H and O–H groups in total. The zero-order chi connectivity index (χ0) is 13.1. The van der Waals surface area contributed by atoms with Crippen molar-refractivity contribution >= 4 is 34.8 Å². The number of ether oxygens (including phenoxy) is 1. The Morgan fingerprint density at radius 2 is 2.22 bits per heavy atom. The van der Waals surface area contributed by atoms with Crippen LogP contribution in [-0.4, -0.2) is 31.7 Å². The summed E-state index contributed by atoms with van der Waals surface area (Å²) >= 11 is 12.1. The van der Waals surface area contributed by atoms with Gasteiger partial charge in [0.05, 0.1) is 23.9 Å². The van der Waals surface area contributed by atoms with Gasteiger partial charge in [0.25, 0.3) is 0 Å². The van der Waals surface area contributed by atoms with Crippen molar-refractivity contribution in [2.45, 2.75) is 13.0 Å². The molecule has 1 saturated heterocycles. The zero-order valence-electron chi connectivity index (χ0n) is 9.93. The van der Waals surface area contributed by atoms with Gasteiger partial charge in [-0.3, -0.25) is 4.79 Å². The van der Waals surface area contributed by atoms with Gasteiger partial charge in [-0.1, -0.05) is 23.2 Å². The van der Waals surface area contributed by atoms with E-state index in [1.165, 1.54) is 0 Å². The summed E-state index contributed by atoms with van der Waals surface area (Å²) in [5.41, 5.74) is 1.39. The Kier molecular flexibility index (Phi) is 4.45. The molecule has 0 saturated carbocycles. The van der Waals surface area contributed by atoms with Gasteiger partial charge in [-0.25, -0.2) is 0 Å². The van der Waals surface area contributed by atoms with Crippen LogP contribution in [0.3, 0.4) is 0 Å². The molecule has 1 unspecified atom stereocenters. The highest BCUT2D eigenvalue weighted by Crippen LogP contribution is 2.28. The van der Waals surface area contributed by atoms with Crippen molar-refractivity contribution in [3.63, 3.8) is 0 Å². The number of carbonyl (C=O) groups is 1. The molecule has 1 heterocycles. The maximum Gasteiger partial charge on any atom is 0.243 e. The maximum absolute atomic E-state index is 12.0. The van der Waals surface area contributed by atoms with Crippen molar-refractivity contribution in [1.82, 2.24) is 5.32 Å². The number of hydrogen-bond donors (Lipinski definition) is 2. The van der Waals surface area contributed by atoms with Crippen LogP contribution in [0.15, 0.2) is 12.1 Å². The Balaban J connectivity index is 2.08. The molecule has 4 nitrogen and oxygen atoms in total. The molecular formula is C12H14Cl2N2O2. The fourth-order valence-corrected chi connectivity index (χ4v) is 2.12. The van der Waals surface area contributed by atoms with E-state index >= 15 is 0 Å². The molecule has 18 heavy (non-hydrogen) atoms. The van der Waals surface area contributed by atoms with E-state index in [4.69, 9.17) is 27.9 Å². The van der Waals surface area contributed by atoms with E-state index in [-0.39, 0.29) is 11.9 Å². The standard InChI is InChI=1S/C12H14Cl2N2O2/c1-7-4-9(14)10(5-8(7)13)16-12(17)11-6-18-3-2-15-11/h4-5,11,15H,2-3,6H2,1H3,(H,16,17). The van der Waals surface area contributed by atoms with Crippen LogP contribution in [-0.2, 0) is 9.53 Å². The minimum Gasteiger partial charge on any atom is -0.378 e. The second-order valence-electron chi connectivity index (χ2n) is 4.15. The van der Waals surface area contributed by atoms with Gasteiger partial charge in [0, 0.05) is 11.6 Å². The van der Waals surface area contributed by atoms with E-state index in [1.54, 1.807) is 12.1 Å². The van der Waals surface area contributed by atoms with E-state index < -0.39 is 0 Å². The Bertz CT molecular complexity index is 460. The van der Waals surface area contributed by atoms with Crippen LogP contribution in [0.5, 0.6) is 0 Å². The number of halogens is 2. The average Bonchev–Trinajstić information content (AvgIpc) is 2.37. The third kappa shape index (κ3) is 3.14. The van der Waals surface area contributed by atoms with Crippen LogP contribution in [0.4, 0.5) is 5.69 Å². The van der Waals surface area contributed by atoms with Gasteiger partial charge in [0.2, 0.25) is 5.91 Å². The normalized spacial score (nSPS) is 19.6. The molecule has 1 aliphatic rings. The number of morpholine rings is 1. The number of aryl methyl sites for hydroxylation is 1. The van der Waals surface area contributed by atoms with Gasteiger partial charge >= 0.3 is 0 Å². The third-order valence-electron chi connectivity index (χ3n) is 2.74. The molecule has 1 aromatic carbocycles. The number of amides is 1. The minimum absolute atomic E-state index is 0.170. The molecule has 0 aromatic heterocycles. The van der Waals surface area contributed by atoms with Crippen LogP contribution in [0.2, 0.25) is 10.0 Å². The lowest BCUT2D eigenvalue weighted by Crippen LogP contribution is -2.48. The Morgan fingerprint density at radius 3 is 2.89 bits per heavy atom. The molecule has 98 valence electrons. The molecule has 0 bridgehead atoms. The van der Waals surface area contributed by atoms with Crippen LogP contribution >= 0.6 is 23.2 Å². The van der Waals surface area contributed by atoms with Gasteiger partial charge in [-0.05, 0) is 24.6 Å². The fraction of sp³-hybridized carbons (Fsp3) is 0.417. The molecule has 0 aliphatic carbocycles. The lowest BCUT2D eigenvalue weighted by atomic mass is 10.2. The summed E-state index contributed by atoms with van der Waals surface area (Å²) in [6.45, 7) is 3.51. The van der Waals surface area contributed by atoms with Gasteiger partial charge < -0.3 is 15.4 Å². The van der Waals surface area contributed by atoms with Crippen LogP contribution in [0, 0.1) is 6.92 Å². The Labute approximate surface area is 116 Å². The quantitative estimate of drug-likeness (QED) is 0.877. The average molecular weight is 289 g/mol. The highest BCUT2D eigenvalue weighted by Gasteiger charge is 2.21. The molecule has 1 aliphatic heterocycles. The Hall–Kier alpha value is -0.810. The molecule has 6 heteroatoms.